The van der Waals surface area contributed by atoms with Gasteiger partial charge >= 0.3 is 0 Å². The van der Waals surface area contributed by atoms with Crippen LogP contribution in [-0.4, -0.2) is 17.6 Å². The minimum Gasteiger partial charge on any atom is -0.487 e. The van der Waals surface area contributed by atoms with Gasteiger partial charge in [-0.25, -0.2) is 0 Å². The van der Waals surface area contributed by atoms with Gasteiger partial charge in [0.15, 0.2) is 6.10 Å². The predicted molar refractivity (Wildman–Crippen MR) is 117 cm³/mol. The highest BCUT2D eigenvalue weighted by atomic mass is 16.5. The molecule has 0 fully saturated rings. The van der Waals surface area contributed by atoms with Crippen LogP contribution < -0.4 is 14.8 Å². The lowest BCUT2D eigenvalue weighted by Crippen LogP contribution is -2.47. The number of para-hydroxylation sites is 1. The quantitative estimate of drug-likeness (QED) is 0.695. The van der Waals surface area contributed by atoms with Crippen molar-refractivity contribution in [1.29, 1.82) is 0 Å². The van der Waals surface area contributed by atoms with Crippen molar-refractivity contribution in [2.24, 2.45) is 0 Å². The number of nitrogens with one attached hydrogen (secondary N) is 1. The third-order valence-electron chi connectivity index (χ3n) is 6.24. The van der Waals surface area contributed by atoms with Crippen molar-refractivity contribution in [1.82, 2.24) is 5.32 Å². The summed E-state index contributed by atoms with van der Waals surface area (Å²) in [5.41, 5.74) is 4.16. The van der Waals surface area contributed by atoms with E-state index in [0.717, 1.165) is 47.5 Å². The lowest BCUT2D eigenvalue weighted by molar-refractivity contribution is -0.128. The van der Waals surface area contributed by atoms with Gasteiger partial charge < -0.3 is 14.8 Å². The zero-order valence-corrected chi connectivity index (χ0v) is 18.5. The zero-order chi connectivity index (χ0) is 21.2. The largest absolute Gasteiger partial charge is 0.487 e. The summed E-state index contributed by atoms with van der Waals surface area (Å²) in [4.78, 5) is 13.0. The highest BCUT2D eigenvalue weighted by Crippen LogP contribution is 2.42. The molecule has 0 saturated heterocycles. The second-order valence-electron chi connectivity index (χ2n) is 8.26. The van der Waals surface area contributed by atoms with Gasteiger partial charge in [-0.15, -0.1) is 0 Å². The molecule has 1 amide bonds. The molecular weight excluding hydrogens is 362 g/mol. The Morgan fingerprint density at radius 1 is 1.21 bits per heavy atom. The van der Waals surface area contributed by atoms with Gasteiger partial charge in [0, 0.05) is 12.0 Å². The summed E-state index contributed by atoms with van der Waals surface area (Å²) in [5.74, 6) is 1.53. The van der Waals surface area contributed by atoms with E-state index in [1.54, 1.807) is 0 Å². The first-order valence-corrected chi connectivity index (χ1v) is 10.6. The van der Waals surface area contributed by atoms with Crippen LogP contribution in [0.4, 0.5) is 0 Å². The van der Waals surface area contributed by atoms with Crippen molar-refractivity contribution < 1.29 is 14.3 Å². The molecule has 156 valence electrons. The van der Waals surface area contributed by atoms with Crippen LogP contribution >= 0.6 is 0 Å². The molecule has 1 aliphatic rings. The smallest absolute Gasteiger partial charge is 0.261 e. The summed E-state index contributed by atoms with van der Waals surface area (Å²) in [7, 11) is 0. The lowest BCUT2D eigenvalue weighted by Gasteiger charge is -2.42. The van der Waals surface area contributed by atoms with E-state index in [1.807, 2.05) is 51.1 Å². The normalized spacial score (nSPS) is 18.3. The van der Waals surface area contributed by atoms with Crippen molar-refractivity contribution >= 4 is 5.91 Å². The van der Waals surface area contributed by atoms with E-state index in [9.17, 15) is 4.79 Å². The maximum absolute atomic E-state index is 13.0. The minimum absolute atomic E-state index is 0.0845. The first kappa shape index (κ1) is 21.2. The minimum atomic E-state index is -0.581. The Morgan fingerprint density at radius 2 is 1.90 bits per heavy atom. The summed E-state index contributed by atoms with van der Waals surface area (Å²) in [5, 5.41) is 3.22. The van der Waals surface area contributed by atoms with Crippen molar-refractivity contribution in [2.75, 3.05) is 0 Å². The first-order valence-electron chi connectivity index (χ1n) is 10.6. The van der Waals surface area contributed by atoms with Crippen LogP contribution in [0.1, 0.15) is 68.3 Å². The van der Waals surface area contributed by atoms with Crippen LogP contribution in [0.2, 0.25) is 0 Å². The molecule has 29 heavy (non-hydrogen) atoms. The fourth-order valence-electron chi connectivity index (χ4n) is 4.09. The maximum atomic E-state index is 13.0. The van der Waals surface area contributed by atoms with Gasteiger partial charge in [-0.1, -0.05) is 38.1 Å². The van der Waals surface area contributed by atoms with Gasteiger partial charge in [0.2, 0.25) is 0 Å². The van der Waals surface area contributed by atoms with Crippen LogP contribution in [0.5, 0.6) is 11.5 Å². The molecule has 2 atom stereocenters. The molecule has 0 unspecified atom stereocenters. The molecular formula is C25H33NO3. The molecule has 1 aliphatic heterocycles. The molecule has 2 aromatic rings. The third kappa shape index (κ3) is 4.42. The van der Waals surface area contributed by atoms with E-state index in [1.165, 1.54) is 5.56 Å². The van der Waals surface area contributed by atoms with Crippen LogP contribution in [0.25, 0.3) is 0 Å². The number of hydrogen-bond acceptors (Lipinski definition) is 3. The fourth-order valence-corrected chi connectivity index (χ4v) is 4.09. The van der Waals surface area contributed by atoms with E-state index >= 15 is 0 Å². The molecule has 0 saturated carbocycles. The van der Waals surface area contributed by atoms with Crippen molar-refractivity contribution in [3.63, 3.8) is 0 Å². The molecule has 1 N–H and O–H groups in total. The number of benzene rings is 2. The van der Waals surface area contributed by atoms with Crippen molar-refractivity contribution in [2.45, 2.75) is 78.6 Å². The molecule has 0 aromatic heterocycles. The van der Waals surface area contributed by atoms with E-state index in [0.29, 0.717) is 0 Å². The SMILES string of the molecule is CCC1(CC)C[C@H](NC(=O)[C@@H](C)Oc2cc(C)cc(C)c2C)c2ccccc2O1. The van der Waals surface area contributed by atoms with Crippen LogP contribution in [0, 0.1) is 20.8 Å². The highest BCUT2D eigenvalue weighted by molar-refractivity contribution is 5.81. The Hall–Kier alpha value is -2.49. The second kappa shape index (κ2) is 8.48. The number of rotatable bonds is 6. The summed E-state index contributed by atoms with van der Waals surface area (Å²) < 4.78 is 12.4. The molecule has 4 nitrogen and oxygen atoms in total. The van der Waals surface area contributed by atoms with E-state index in [2.05, 4.69) is 32.2 Å². The molecule has 3 rings (SSSR count). The number of ether oxygens (including phenoxy) is 2. The van der Waals surface area contributed by atoms with Crippen LogP contribution in [0.15, 0.2) is 36.4 Å². The van der Waals surface area contributed by atoms with Gasteiger partial charge in [0.1, 0.15) is 17.1 Å². The third-order valence-corrected chi connectivity index (χ3v) is 6.24. The Balaban J connectivity index is 1.79. The Bertz CT molecular complexity index is 886. The van der Waals surface area contributed by atoms with Crippen molar-refractivity contribution in [3.05, 3.63) is 58.7 Å². The summed E-state index contributed by atoms with van der Waals surface area (Å²) in [6.07, 6.45) is 1.98. The molecule has 1 heterocycles. The van der Waals surface area contributed by atoms with Gasteiger partial charge in [-0.3, -0.25) is 4.79 Å². The number of hydrogen-bond donors (Lipinski definition) is 1. The number of aryl methyl sites for hydroxylation is 2. The van der Waals surface area contributed by atoms with Gasteiger partial charge in [-0.2, -0.15) is 0 Å². The number of fused-ring (bicyclic) bond motifs is 1. The number of carbonyl (C=O) groups excluding carboxylic acids is 1. The van der Waals surface area contributed by atoms with Crippen LogP contribution in [-0.2, 0) is 4.79 Å². The summed E-state index contributed by atoms with van der Waals surface area (Å²) >= 11 is 0. The fraction of sp³-hybridized carbons (Fsp3) is 0.480. The predicted octanol–water partition coefficient (Wildman–Crippen LogP) is 5.58. The van der Waals surface area contributed by atoms with Gasteiger partial charge in [0.05, 0.1) is 6.04 Å². The van der Waals surface area contributed by atoms with E-state index in [4.69, 9.17) is 9.47 Å². The molecule has 0 radical (unpaired) electrons. The molecule has 0 spiro atoms. The van der Waals surface area contributed by atoms with Gasteiger partial charge in [0.25, 0.3) is 5.91 Å². The number of carbonyl (C=O) groups is 1. The Kier molecular flexibility index (Phi) is 6.21. The topological polar surface area (TPSA) is 47.6 Å². The van der Waals surface area contributed by atoms with Gasteiger partial charge in [-0.05, 0) is 69.4 Å². The lowest BCUT2D eigenvalue weighted by atomic mass is 9.83. The Morgan fingerprint density at radius 3 is 2.59 bits per heavy atom. The molecule has 0 aliphatic carbocycles. The van der Waals surface area contributed by atoms with E-state index < -0.39 is 6.10 Å². The standard InChI is InChI=1S/C25H33NO3/c1-7-25(8-2)15-21(20-11-9-10-12-22(20)29-25)26-24(27)19(6)28-23-14-16(3)13-17(4)18(23)5/h9-14,19,21H,7-8,15H2,1-6H3,(H,26,27)/t19-,21+/m1/s1. The first-order chi connectivity index (χ1) is 13.8. The monoisotopic (exact) mass is 395 g/mol. The van der Waals surface area contributed by atoms with Crippen molar-refractivity contribution in [3.8, 4) is 11.5 Å². The average molecular weight is 396 g/mol. The molecule has 2 aromatic carbocycles. The highest BCUT2D eigenvalue weighted by Gasteiger charge is 2.39. The summed E-state index contributed by atoms with van der Waals surface area (Å²) in [6, 6.07) is 12.0. The average Bonchev–Trinajstić information content (AvgIpc) is 2.71. The summed E-state index contributed by atoms with van der Waals surface area (Å²) in [6.45, 7) is 12.2. The number of amides is 1. The van der Waals surface area contributed by atoms with E-state index in [-0.39, 0.29) is 17.6 Å². The Labute approximate surface area is 174 Å². The van der Waals surface area contributed by atoms with Crippen LogP contribution in [0.3, 0.4) is 0 Å². The molecule has 0 bridgehead atoms. The zero-order valence-electron chi connectivity index (χ0n) is 18.5. The second-order valence-corrected chi connectivity index (χ2v) is 8.26. The maximum Gasteiger partial charge on any atom is 0.261 e. The molecule has 4 heteroatoms.